The van der Waals surface area contributed by atoms with Gasteiger partial charge in [0.1, 0.15) is 24.6 Å². The third kappa shape index (κ3) is 16.0. The molecule has 1 aliphatic rings. The van der Waals surface area contributed by atoms with Crippen LogP contribution >= 0.6 is 0 Å². The second kappa shape index (κ2) is 19.7. The Bertz CT molecular complexity index is 852. The smallest absolute Gasteiger partial charge is 0.414 e. The van der Waals surface area contributed by atoms with E-state index in [9.17, 15) is 9.59 Å². The predicted octanol–water partition coefficient (Wildman–Crippen LogP) is 2.32. The number of aromatic nitrogens is 1. The molecule has 12 heteroatoms. The Kier molecular flexibility index (Phi) is 16.7. The van der Waals surface area contributed by atoms with E-state index in [2.05, 4.69) is 33.6 Å². The van der Waals surface area contributed by atoms with Crippen LogP contribution in [0.25, 0.3) is 0 Å². The second-order valence-electron chi connectivity index (χ2n) is 10.5. The van der Waals surface area contributed by atoms with Gasteiger partial charge in [-0.2, -0.15) is 0 Å². The number of hydrogen-bond donors (Lipinski definition) is 2. The fourth-order valence-corrected chi connectivity index (χ4v) is 3.97. The summed E-state index contributed by atoms with van der Waals surface area (Å²) in [5.41, 5.74) is 0.561. The Labute approximate surface area is 238 Å². The minimum Gasteiger partial charge on any atom is -0.491 e. The molecule has 0 saturated carbocycles. The van der Waals surface area contributed by atoms with E-state index < -0.39 is 17.6 Å². The highest BCUT2D eigenvalue weighted by Crippen LogP contribution is 2.31. The third-order valence-corrected chi connectivity index (χ3v) is 5.82. The number of imide groups is 1. The van der Waals surface area contributed by atoms with Gasteiger partial charge in [-0.25, -0.2) is 4.79 Å². The van der Waals surface area contributed by atoms with Crippen molar-refractivity contribution < 1.29 is 38.0 Å². The van der Waals surface area contributed by atoms with Gasteiger partial charge in [0.2, 0.25) is 0 Å². The topological polar surface area (TPSA) is 130 Å². The van der Waals surface area contributed by atoms with Crippen LogP contribution in [0.1, 0.15) is 51.6 Å². The first-order valence-corrected chi connectivity index (χ1v) is 14.1. The number of likely N-dealkylation sites (tertiary alicyclic amines) is 1. The maximum atomic E-state index is 11.6. The van der Waals surface area contributed by atoms with E-state index >= 15 is 0 Å². The van der Waals surface area contributed by atoms with Gasteiger partial charge in [0, 0.05) is 25.4 Å². The summed E-state index contributed by atoms with van der Waals surface area (Å²) < 4.78 is 32.4. The summed E-state index contributed by atoms with van der Waals surface area (Å²) in [7, 11) is 2.16. The molecule has 1 fully saturated rings. The van der Waals surface area contributed by atoms with Crippen LogP contribution in [-0.2, 0) is 28.5 Å². The van der Waals surface area contributed by atoms with Gasteiger partial charge >= 0.3 is 6.09 Å². The Morgan fingerprint density at radius 3 is 2.27 bits per heavy atom. The molecular weight excluding hydrogens is 520 g/mol. The lowest BCUT2D eigenvalue weighted by atomic mass is 10.1. The predicted molar refractivity (Wildman–Crippen MR) is 149 cm³/mol. The molecular formula is C28H48N4O8. The number of amides is 2. The summed E-state index contributed by atoms with van der Waals surface area (Å²) in [6, 6.07) is 2.55. The quantitative estimate of drug-likeness (QED) is 0.225. The molecule has 0 bridgehead atoms. The molecule has 1 aromatic rings. The second-order valence-corrected chi connectivity index (χ2v) is 10.5. The molecule has 40 heavy (non-hydrogen) atoms. The molecule has 0 aromatic carbocycles. The standard InChI is InChI=1S/C28H48N4O8/c1-28(2,3)40-27(34)31-26(33)22-38-18-17-37-16-15-36-14-13-35-11-6-8-29-9-12-39-24-19-23(20-30-21-24)25-7-5-10-32(25)4/h19-21,25,29H,5-18,22H2,1-4H3,(H,31,33,34)/t25-/m0/s1. The van der Waals surface area contributed by atoms with Gasteiger partial charge in [0.25, 0.3) is 5.91 Å². The van der Waals surface area contributed by atoms with E-state index in [-0.39, 0.29) is 13.2 Å². The highest BCUT2D eigenvalue weighted by molar-refractivity contribution is 5.92. The third-order valence-electron chi connectivity index (χ3n) is 5.82. The fourth-order valence-electron chi connectivity index (χ4n) is 3.97. The number of nitrogens with one attached hydrogen (secondary N) is 2. The fraction of sp³-hybridized carbons (Fsp3) is 0.750. The molecule has 1 saturated heterocycles. The zero-order chi connectivity index (χ0) is 29.1. The number of rotatable bonds is 20. The SMILES string of the molecule is CN1CCC[C@H]1c1cncc(OCCNCCCOCCOCCOCCOCC(=O)NC(=O)OC(C)(C)C)c1. The van der Waals surface area contributed by atoms with Crippen molar-refractivity contribution in [3.8, 4) is 5.75 Å². The van der Waals surface area contributed by atoms with Crippen molar-refractivity contribution in [2.75, 3.05) is 86.1 Å². The average molecular weight is 569 g/mol. The normalized spacial score (nSPS) is 15.8. The molecule has 2 rings (SSSR count). The largest absolute Gasteiger partial charge is 0.491 e. The van der Waals surface area contributed by atoms with Crippen LogP contribution in [0.2, 0.25) is 0 Å². The zero-order valence-corrected chi connectivity index (χ0v) is 24.6. The Hall–Kier alpha value is -2.35. The molecule has 1 aromatic heterocycles. The van der Waals surface area contributed by atoms with Gasteiger partial charge in [-0.3, -0.25) is 20.0 Å². The van der Waals surface area contributed by atoms with Gasteiger partial charge < -0.3 is 33.7 Å². The maximum absolute atomic E-state index is 11.6. The molecule has 0 radical (unpaired) electrons. The number of hydrogen-bond acceptors (Lipinski definition) is 11. The summed E-state index contributed by atoms with van der Waals surface area (Å²) in [5, 5.41) is 5.46. The molecule has 0 unspecified atom stereocenters. The molecule has 12 nitrogen and oxygen atoms in total. The van der Waals surface area contributed by atoms with E-state index in [0.29, 0.717) is 52.3 Å². The van der Waals surface area contributed by atoms with E-state index in [1.165, 1.54) is 18.4 Å². The number of pyridine rings is 1. The molecule has 1 aliphatic heterocycles. The van der Waals surface area contributed by atoms with Crippen molar-refractivity contribution in [3.63, 3.8) is 0 Å². The van der Waals surface area contributed by atoms with Gasteiger partial charge in [-0.1, -0.05) is 0 Å². The maximum Gasteiger partial charge on any atom is 0.414 e. The monoisotopic (exact) mass is 568 g/mol. The van der Waals surface area contributed by atoms with Crippen molar-refractivity contribution >= 4 is 12.0 Å². The summed E-state index contributed by atoms with van der Waals surface area (Å²) in [5.74, 6) is 0.257. The van der Waals surface area contributed by atoms with Gasteiger partial charge in [0.15, 0.2) is 0 Å². The van der Waals surface area contributed by atoms with E-state index in [4.69, 9.17) is 28.4 Å². The first-order chi connectivity index (χ1) is 19.2. The minimum absolute atomic E-state index is 0.230. The summed E-state index contributed by atoms with van der Waals surface area (Å²) >= 11 is 0. The first-order valence-electron chi connectivity index (χ1n) is 14.1. The number of carbonyl (C=O) groups excluding carboxylic acids is 2. The lowest BCUT2D eigenvalue weighted by molar-refractivity contribution is -0.125. The molecule has 2 N–H and O–H groups in total. The van der Waals surface area contributed by atoms with Crippen LogP contribution in [0.15, 0.2) is 18.5 Å². The Morgan fingerprint density at radius 1 is 0.950 bits per heavy atom. The zero-order valence-electron chi connectivity index (χ0n) is 24.6. The van der Waals surface area contributed by atoms with Gasteiger partial charge in [-0.15, -0.1) is 0 Å². The van der Waals surface area contributed by atoms with Crippen molar-refractivity contribution in [2.45, 2.75) is 51.7 Å². The lowest BCUT2D eigenvalue weighted by Gasteiger charge is -2.19. The Morgan fingerprint density at radius 2 is 1.62 bits per heavy atom. The molecule has 0 aliphatic carbocycles. The van der Waals surface area contributed by atoms with Crippen LogP contribution in [0, 0.1) is 0 Å². The van der Waals surface area contributed by atoms with E-state index in [1.54, 1.807) is 27.0 Å². The van der Waals surface area contributed by atoms with Crippen LogP contribution in [0.3, 0.4) is 0 Å². The van der Waals surface area contributed by atoms with Crippen molar-refractivity contribution in [2.24, 2.45) is 0 Å². The van der Waals surface area contributed by atoms with Crippen LogP contribution in [-0.4, -0.2) is 114 Å². The van der Waals surface area contributed by atoms with E-state index in [1.807, 2.05) is 6.20 Å². The number of nitrogens with zero attached hydrogens (tertiary/aromatic N) is 2. The van der Waals surface area contributed by atoms with Crippen molar-refractivity contribution in [1.82, 2.24) is 20.5 Å². The molecule has 1 atom stereocenters. The van der Waals surface area contributed by atoms with Crippen LogP contribution in [0.4, 0.5) is 4.79 Å². The molecule has 2 heterocycles. The minimum atomic E-state index is -0.793. The number of ether oxygens (including phenoxy) is 6. The highest BCUT2D eigenvalue weighted by atomic mass is 16.6. The molecule has 2 amide bonds. The molecule has 0 spiro atoms. The summed E-state index contributed by atoms with van der Waals surface area (Å²) in [4.78, 5) is 29.8. The van der Waals surface area contributed by atoms with Gasteiger partial charge in [0.05, 0.1) is 45.8 Å². The Balaban J connectivity index is 1.30. The van der Waals surface area contributed by atoms with Crippen molar-refractivity contribution in [3.05, 3.63) is 24.0 Å². The molecule has 228 valence electrons. The van der Waals surface area contributed by atoms with Crippen molar-refractivity contribution in [1.29, 1.82) is 0 Å². The van der Waals surface area contributed by atoms with Crippen LogP contribution in [0.5, 0.6) is 5.75 Å². The highest BCUT2D eigenvalue weighted by Gasteiger charge is 2.23. The summed E-state index contributed by atoms with van der Waals surface area (Å²) in [6.45, 7) is 11.3. The van der Waals surface area contributed by atoms with Gasteiger partial charge in [-0.05, 0) is 71.8 Å². The summed E-state index contributed by atoms with van der Waals surface area (Å²) in [6.07, 6.45) is 6.23. The average Bonchev–Trinajstić information content (AvgIpc) is 3.32. The van der Waals surface area contributed by atoms with Crippen LogP contribution < -0.4 is 15.4 Å². The lowest BCUT2D eigenvalue weighted by Crippen LogP contribution is -2.38. The number of carbonyl (C=O) groups is 2. The first kappa shape index (κ1) is 33.9. The van der Waals surface area contributed by atoms with E-state index in [0.717, 1.165) is 31.8 Å². The number of alkyl carbamates (subject to hydrolysis) is 1.